The number of nitrogens with two attached hydrogens (primary N) is 1. The van der Waals surface area contributed by atoms with Crippen molar-refractivity contribution in [1.29, 1.82) is 0 Å². The minimum Gasteiger partial charge on any atom is -0.398 e. The van der Waals surface area contributed by atoms with Gasteiger partial charge in [0.2, 0.25) is 0 Å². The molecule has 0 bridgehead atoms. The van der Waals surface area contributed by atoms with E-state index in [0.717, 1.165) is 31.2 Å². The quantitative estimate of drug-likeness (QED) is 0.838. The molecule has 1 fully saturated rings. The Bertz CT molecular complexity index is 594. The molecule has 20 heavy (non-hydrogen) atoms. The first-order chi connectivity index (χ1) is 9.59. The summed E-state index contributed by atoms with van der Waals surface area (Å²) in [5, 5.41) is 0. The highest BCUT2D eigenvalue weighted by atomic mass is 32.2. The lowest BCUT2D eigenvalue weighted by atomic mass is 10.00. The van der Waals surface area contributed by atoms with E-state index in [2.05, 4.69) is 0 Å². The maximum atomic E-state index is 12.7. The second-order valence-electron chi connectivity index (χ2n) is 5.54. The monoisotopic (exact) mass is 295 g/mol. The first-order valence-corrected chi connectivity index (χ1v) is 8.60. The van der Waals surface area contributed by atoms with Gasteiger partial charge in [-0.2, -0.15) is 17.0 Å². The van der Waals surface area contributed by atoms with E-state index in [-0.39, 0.29) is 0 Å². The number of benzene rings is 1. The lowest BCUT2D eigenvalue weighted by Crippen LogP contribution is -2.47. The summed E-state index contributed by atoms with van der Waals surface area (Å²) in [6, 6.07) is 5.81. The summed E-state index contributed by atoms with van der Waals surface area (Å²) >= 11 is 0. The van der Waals surface area contributed by atoms with Gasteiger partial charge in [-0.05, 0) is 36.5 Å². The van der Waals surface area contributed by atoms with Crippen molar-refractivity contribution < 1.29 is 8.42 Å². The van der Waals surface area contributed by atoms with Crippen molar-refractivity contribution in [1.82, 2.24) is 8.61 Å². The third kappa shape index (κ3) is 2.43. The summed E-state index contributed by atoms with van der Waals surface area (Å²) in [6.45, 7) is 2.25. The summed E-state index contributed by atoms with van der Waals surface area (Å²) in [5.41, 5.74) is 8.83. The van der Waals surface area contributed by atoms with Crippen LogP contribution >= 0.6 is 0 Å². The van der Waals surface area contributed by atoms with Crippen LogP contribution in [0.3, 0.4) is 0 Å². The Balaban J connectivity index is 1.84. The van der Waals surface area contributed by atoms with E-state index in [1.807, 2.05) is 18.2 Å². The molecular weight excluding hydrogens is 274 g/mol. The van der Waals surface area contributed by atoms with Crippen LogP contribution in [-0.2, 0) is 23.2 Å². The molecule has 0 aromatic heterocycles. The van der Waals surface area contributed by atoms with Gasteiger partial charge in [0.25, 0.3) is 10.2 Å². The van der Waals surface area contributed by atoms with Crippen LogP contribution in [0.4, 0.5) is 5.69 Å². The van der Waals surface area contributed by atoms with Crippen molar-refractivity contribution in [3.05, 3.63) is 29.3 Å². The molecule has 110 valence electrons. The van der Waals surface area contributed by atoms with Crippen LogP contribution < -0.4 is 5.73 Å². The van der Waals surface area contributed by atoms with Gasteiger partial charge in [0, 0.05) is 31.9 Å². The molecular formula is C14H21N3O2S. The summed E-state index contributed by atoms with van der Waals surface area (Å²) in [6.07, 6.45) is 3.80. The fourth-order valence-corrected chi connectivity index (χ4v) is 4.70. The molecule has 1 saturated heterocycles. The number of rotatable bonds is 2. The number of hydrogen-bond acceptors (Lipinski definition) is 3. The van der Waals surface area contributed by atoms with Gasteiger partial charge in [0.05, 0.1) is 0 Å². The van der Waals surface area contributed by atoms with E-state index >= 15 is 0 Å². The van der Waals surface area contributed by atoms with E-state index in [9.17, 15) is 8.42 Å². The lowest BCUT2D eigenvalue weighted by molar-refractivity contribution is 0.295. The molecule has 0 atom stereocenters. The van der Waals surface area contributed by atoms with Crippen LogP contribution in [0.2, 0.25) is 0 Å². The summed E-state index contributed by atoms with van der Waals surface area (Å²) in [5.74, 6) is 0. The van der Waals surface area contributed by atoms with Crippen molar-refractivity contribution in [3.63, 3.8) is 0 Å². The SMILES string of the molecule is Nc1cccc2c1CN(S(=O)(=O)N1CCCCC1)CC2. The molecule has 2 aliphatic heterocycles. The number of hydrogen-bond donors (Lipinski definition) is 1. The van der Waals surface area contributed by atoms with Crippen molar-refractivity contribution in [2.75, 3.05) is 25.4 Å². The molecule has 6 heteroatoms. The van der Waals surface area contributed by atoms with Crippen LogP contribution in [0.15, 0.2) is 18.2 Å². The van der Waals surface area contributed by atoms with Gasteiger partial charge in [-0.1, -0.05) is 18.6 Å². The average Bonchev–Trinajstić information content (AvgIpc) is 2.48. The highest BCUT2D eigenvalue weighted by Crippen LogP contribution is 2.27. The second kappa shape index (κ2) is 5.35. The fraction of sp³-hybridized carbons (Fsp3) is 0.571. The van der Waals surface area contributed by atoms with E-state index in [1.54, 1.807) is 8.61 Å². The fourth-order valence-electron chi connectivity index (χ4n) is 3.04. The molecule has 2 aliphatic rings. The number of nitrogens with zero attached hydrogens (tertiary/aromatic N) is 2. The van der Waals surface area contributed by atoms with E-state index in [0.29, 0.717) is 31.9 Å². The molecule has 3 rings (SSSR count). The van der Waals surface area contributed by atoms with Crippen LogP contribution in [0.1, 0.15) is 30.4 Å². The van der Waals surface area contributed by atoms with Crippen molar-refractivity contribution in [3.8, 4) is 0 Å². The van der Waals surface area contributed by atoms with Gasteiger partial charge in [-0.25, -0.2) is 0 Å². The first kappa shape index (κ1) is 13.9. The number of fused-ring (bicyclic) bond motifs is 1. The normalized spacial score (nSPS) is 21.6. The predicted molar refractivity (Wildman–Crippen MR) is 79.3 cm³/mol. The van der Waals surface area contributed by atoms with E-state index < -0.39 is 10.2 Å². The van der Waals surface area contributed by atoms with Crippen LogP contribution in [-0.4, -0.2) is 36.7 Å². The van der Waals surface area contributed by atoms with Crippen molar-refractivity contribution in [2.45, 2.75) is 32.2 Å². The van der Waals surface area contributed by atoms with Crippen LogP contribution in [0, 0.1) is 0 Å². The van der Waals surface area contributed by atoms with Gasteiger partial charge in [0.15, 0.2) is 0 Å². The Morgan fingerprint density at radius 1 is 1.00 bits per heavy atom. The van der Waals surface area contributed by atoms with Gasteiger partial charge in [-0.15, -0.1) is 0 Å². The number of anilines is 1. The smallest absolute Gasteiger partial charge is 0.282 e. The number of nitrogen functional groups attached to an aromatic ring is 1. The minimum atomic E-state index is -3.33. The van der Waals surface area contributed by atoms with Gasteiger partial charge in [-0.3, -0.25) is 0 Å². The summed E-state index contributed by atoms with van der Waals surface area (Å²) in [4.78, 5) is 0. The molecule has 0 radical (unpaired) electrons. The molecule has 0 aliphatic carbocycles. The third-order valence-corrected chi connectivity index (χ3v) is 6.22. The van der Waals surface area contributed by atoms with Gasteiger partial charge in [0.1, 0.15) is 0 Å². The van der Waals surface area contributed by atoms with Crippen LogP contribution in [0.25, 0.3) is 0 Å². The molecule has 0 saturated carbocycles. The molecule has 2 heterocycles. The Labute approximate surface area is 120 Å². The Hall–Kier alpha value is -1.11. The molecule has 2 N–H and O–H groups in total. The van der Waals surface area contributed by atoms with E-state index in [1.165, 1.54) is 5.56 Å². The lowest BCUT2D eigenvalue weighted by Gasteiger charge is -2.35. The second-order valence-corrected chi connectivity index (χ2v) is 7.46. The largest absolute Gasteiger partial charge is 0.398 e. The third-order valence-electron chi connectivity index (χ3n) is 4.24. The zero-order valence-electron chi connectivity index (χ0n) is 11.6. The Morgan fingerprint density at radius 3 is 2.50 bits per heavy atom. The van der Waals surface area contributed by atoms with Gasteiger partial charge >= 0.3 is 0 Å². The first-order valence-electron chi connectivity index (χ1n) is 7.20. The minimum absolute atomic E-state index is 0.404. The maximum Gasteiger partial charge on any atom is 0.282 e. The maximum absolute atomic E-state index is 12.7. The Morgan fingerprint density at radius 2 is 1.75 bits per heavy atom. The van der Waals surface area contributed by atoms with Gasteiger partial charge < -0.3 is 5.73 Å². The number of piperidine rings is 1. The zero-order valence-corrected chi connectivity index (χ0v) is 12.4. The highest BCUT2D eigenvalue weighted by Gasteiger charge is 2.33. The zero-order chi connectivity index (χ0) is 14.2. The highest BCUT2D eigenvalue weighted by molar-refractivity contribution is 7.86. The van der Waals surface area contributed by atoms with Crippen molar-refractivity contribution >= 4 is 15.9 Å². The van der Waals surface area contributed by atoms with E-state index in [4.69, 9.17) is 5.73 Å². The molecule has 1 aromatic carbocycles. The molecule has 5 nitrogen and oxygen atoms in total. The molecule has 1 aromatic rings. The predicted octanol–water partition coefficient (Wildman–Crippen LogP) is 1.36. The summed E-state index contributed by atoms with van der Waals surface area (Å²) < 4.78 is 28.6. The molecule has 0 spiro atoms. The molecule has 0 unspecified atom stereocenters. The average molecular weight is 295 g/mol. The topological polar surface area (TPSA) is 66.6 Å². The molecule has 0 amide bonds. The van der Waals surface area contributed by atoms with Crippen molar-refractivity contribution in [2.24, 2.45) is 0 Å². The Kier molecular flexibility index (Phi) is 3.70. The summed E-state index contributed by atoms with van der Waals surface area (Å²) in [7, 11) is -3.33. The standard InChI is InChI=1S/C14H21N3O2S/c15-14-6-4-5-12-7-10-17(11-13(12)14)20(18,19)16-8-2-1-3-9-16/h4-6H,1-3,7-11,15H2. The van der Waals surface area contributed by atoms with Crippen LogP contribution in [0.5, 0.6) is 0 Å².